The zero-order valence-electron chi connectivity index (χ0n) is 12.1. The topological polar surface area (TPSA) is 97.2 Å². The van der Waals surface area contributed by atoms with Crippen LogP contribution in [0, 0.1) is 6.92 Å². The molecule has 2 aromatic heterocycles. The van der Waals surface area contributed by atoms with Crippen molar-refractivity contribution in [3.05, 3.63) is 47.0 Å². The average Bonchev–Trinajstić information content (AvgIpc) is 2.94. The predicted molar refractivity (Wildman–Crippen MR) is 86.0 cm³/mol. The number of hydrogen-bond acceptors (Lipinski definition) is 6. The number of thiazole rings is 1. The molecule has 0 aliphatic rings. The van der Waals surface area contributed by atoms with E-state index in [0.717, 1.165) is 10.7 Å². The van der Waals surface area contributed by atoms with Gasteiger partial charge in [0.15, 0.2) is 0 Å². The lowest BCUT2D eigenvalue weighted by Crippen LogP contribution is -2.06. The fraction of sp³-hybridized carbons (Fsp3) is 0.0667. The monoisotopic (exact) mass is 328 g/mol. The van der Waals surface area contributed by atoms with Gasteiger partial charge in [-0.2, -0.15) is 0 Å². The van der Waals surface area contributed by atoms with E-state index in [0.29, 0.717) is 23.0 Å². The molecule has 116 valence electrons. The van der Waals surface area contributed by atoms with Crippen molar-refractivity contribution in [1.82, 2.24) is 15.0 Å². The van der Waals surface area contributed by atoms with Gasteiger partial charge in [-0.1, -0.05) is 6.07 Å². The summed E-state index contributed by atoms with van der Waals surface area (Å²) in [6.07, 6.45) is 0.268. The Labute approximate surface area is 135 Å². The molecule has 0 unspecified atom stereocenters. The summed E-state index contributed by atoms with van der Waals surface area (Å²) in [5.41, 5.74) is 1.85. The Morgan fingerprint density at radius 3 is 2.87 bits per heavy atom. The highest BCUT2D eigenvalue weighted by molar-refractivity contribution is 7.09. The molecule has 0 fully saturated rings. The SMILES string of the molecule is Cc1nc(-c2cc(Oc3cccc(NC(=O)O)c3)ncn2)cs1. The highest BCUT2D eigenvalue weighted by Crippen LogP contribution is 2.26. The van der Waals surface area contributed by atoms with Crippen molar-refractivity contribution in [3.8, 4) is 23.0 Å². The van der Waals surface area contributed by atoms with Gasteiger partial charge in [-0.25, -0.2) is 19.7 Å². The summed E-state index contributed by atoms with van der Waals surface area (Å²) < 4.78 is 5.66. The molecular formula is C15H12N4O3S. The Hall–Kier alpha value is -3.00. The number of aromatic nitrogens is 3. The van der Waals surface area contributed by atoms with Gasteiger partial charge in [-0.15, -0.1) is 11.3 Å². The Balaban J connectivity index is 1.82. The molecule has 1 amide bonds. The first kappa shape index (κ1) is 14.9. The van der Waals surface area contributed by atoms with E-state index in [2.05, 4.69) is 20.3 Å². The molecule has 0 aliphatic heterocycles. The standard InChI is InChI=1S/C15H12N4O3S/c1-9-18-13(7-23-9)12-6-14(17-8-16-12)22-11-4-2-3-10(5-11)19-15(20)21/h2-8,19H,1H3,(H,20,21). The van der Waals surface area contributed by atoms with E-state index in [1.54, 1.807) is 41.7 Å². The molecule has 0 saturated carbocycles. The third kappa shape index (κ3) is 3.80. The first-order valence-corrected chi connectivity index (χ1v) is 7.50. The van der Waals surface area contributed by atoms with Crippen LogP contribution in [-0.2, 0) is 0 Å². The van der Waals surface area contributed by atoms with Crippen LogP contribution < -0.4 is 10.1 Å². The molecule has 1 aromatic carbocycles. The number of carboxylic acid groups (broad SMARTS) is 1. The molecule has 7 nitrogen and oxygen atoms in total. The van der Waals surface area contributed by atoms with Gasteiger partial charge in [0.25, 0.3) is 0 Å². The Kier molecular flexibility index (Phi) is 4.15. The van der Waals surface area contributed by atoms with Crippen LogP contribution in [0.15, 0.2) is 42.0 Å². The second kappa shape index (κ2) is 6.41. The summed E-state index contributed by atoms with van der Waals surface area (Å²) in [7, 11) is 0. The molecule has 0 atom stereocenters. The van der Waals surface area contributed by atoms with Crippen molar-refractivity contribution >= 4 is 23.1 Å². The molecule has 0 saturated heterocycles. The summed E-state index contributed by atoms with van der Waals surface area (Å²) in [5, 5.41) is 13.9. The van der Waals surface area contributed by atoms with Gasteiger partial charge >= 0.3 is 6.09 Å². The first-order chi connectivity index (χ1) is 11.1. The van der Waals surface area contributed by atoms with Crippen molar-refractivity contribution in [2.75, 3.05) is 5.32 Å². The van der Waals surface area contributed by atoms with E-state index < -0.39 is 6.09 Å². The summed E-state index contributed by atoms with van der Waals surface area (Å²) >= 11 is 1.54. The number of amides is 1. The third-order valence-corrected chi connectivity index (χ3v) is 3.60. The lowest BCUT2D eigenvalue weighted by atomic mass is 10.3. The van der Waals surface area contributed by atoms with E-state index in [1.807, 2.05) is 12.3 Å². The molecule has 8 heteroatoms. The lowest BCUT2D eigenvalue weighted by molar-refractivity contribution is 0.210. The van der Waals surface area contributed by atoms with Crippen molar-refractivity contribution in [2.24, 2.45) is 0 Å². The summed E-state index contributed by atoms with van der Waals surface area (Å²) in [5.74, 6) is 0.823. The average molecular weight is 328 g/mol. The second-order valence-corrected chi connectivity index (χ2v) is 5.62. The molecule has 0 bridgehead atoms. The molecule has 3 rings (SSSR count). The van der Waals surface area contributed by atoms with Gasteiger partial charge in [0.2, 0.25) is 5.88 Å². The predicted octanol–water partition coefficient (Wildman–Crippen LogP) is 3.79. The van der Waals surface area contributed by atoms with Crippen LogP contribution in [0.4, 0.5) is 10.5 Å². The second-order valence-electron chi connectivity index (χ2n) is 4.55. The molecule has 0 spiro atoms. The van der Waals surface area contributed by atoms with Crippen LogP contribution in [0.1, 0.15) is 5.01 Å². The lowest BCUT2D eigenvalue weighted by Gasteiger charge is -2.07. The Morgan fingerprint density at radius 1 is 1.26 bits per heavy atom. The molecule has 23 heavy (non-hydrogen) atoms. The van der Waals surface area contributed by atoms with Crippen LogP contribution in [0.25, 0.3) is 11.4 Å². The van der Waals surface area contributed by atoms with Crippen LogP contribution in [-0.4, -0.2) is 26.2 Å². The highest BCUT2D eigenvalue weighted by atomic mass is 32.1. The number of nitrogens with zero attached hydrogens (tertiary/aromatic N) is 3. The first-order valence-electron chi connectivity index (χ1n) is 6.62. The van der Waals surface area contributed by atoms with E-state index in [9.17, 15) is 4.79 Å². The smallest absolute Gasteiger partial charge is 0.409 e. The number of hydrogen-bond donors (Lipinski definition) is 2. The zero-order valence-corrected chi connectivity index (χ0v) is 12.9. The van der Waals surface area contributed by atoms with E-state index >= 15 is 0 Å². The minimum atomic E-state index is -1.13. The summed E-state index contributed by atoms with van der Waals surface area (Å²) in [6.45, 7) is 1.92. The molecule has 0 aliphatic carbocycles. The quantitative estimate of drug-likeness (QED) is 0.756. The molecule has 0 radical (unpaired) electrons. The van der Waals surface area contributed by atoms with Crippen LogP contribution in [0.2, 0.25) is 0 Å². The van der Waals surface area contributed by atoms with Crippen molar-refractivity contribution in [2.45, 2.75) is 6.92 Å². The molecule has 2 N–H and O–H groups in total. The van der Waals surface area contributed by atoms with Gasteiger partial charge in [0, 0.05) is 23.2 Å². The van der Waals surface area contributed by atoms with E-state index in [-0.39, 0.29) is 0 Å². The highest BCUT2D eigenvalue weighted by Gasteiger charge is 2.07. The Bertz CT molecular complexity index is 850. The van der Waals surface area contributed by atoms with Crippen LogP contribution in [0.3, 0.4) is 0 Å². The van der Waals surface area contributed by atoms with E-state index in [4.69, 9.17) is 9.84 Å². The number of carbonyl (C=O) groups is 1. The fourth-order valence-corrected chi connectivity index (χ4v) is 2.50. The van der Waals surface area contributed by atoms with Crippen molar-refractivity contribution in [3.63, 3.8) is 0 Å². The molecular weight excluding hydrogens is 316 g/mol. The summed E-state index contributed by atoms with van der Waals surface area (Å²) in [6, 6.07) is 8.29. The van der Waals surface area contributed by atoms with Crippen molar-refractivity contribution in [1.29, 1.82) is 0 Å². The van der Waals surface area contributed by atoms with Crippen LogP contribution >= 0.6 is 11.3 Å². The van der Waals surface area contributed by atoms with Crippen LogP contribution in [0.5, 0.6) is 11.6 Å². The number of rotatable bonds is 4. The molecule has 2 heterocycles. The van der Waals surface area contributed by atoms with Gasteiger partial charge in [-0.05, 0) is 19.1 Å². The zero-order chi connectivity index (χ0) is 16.2. The number of aryl methyl sites for hydroxylation is 1. The minimum Gasteiger partial charge on any atom is -0.465 e. The number of benzene rings is 1. The van der Waals surface area contributed by atoms with Crippen molar-refractivity contribution < 1.29 is 14.6 Å². The van der Waals surface area contributed by atoms with E-state index in [1.165, 1.54) is 6.33 Å². The van der Waals surface area contributed by atoms with Gasteiger partial charge in [0.05, 0.1) is 10.7 Å². The normalized spacial score (nSPS) is 10.3. The number of ether oxygens (including phenoxy) is 1. The fourth-order valence-electron chi connectivity index (χ4n) is 1.90. The Morgan fingerprint density at radius 2 is 2.13 bits per heavy atom. The van der Waals surface area contributed by atoms with Gasteiger partial charge < -0.3 is 9.84 Å². The molecule has 3 aromatic rings. The number of nitrogens with one attached hydrogen (secondary N) is 1. The maximum absolute atomic E-state index is 10.7. The van der Waals surface area contributed by atoms with Gasteiger partial charge in [0.1, 0.15) is 17.8 Å². The maximum Gasteiger partial charge on any atom is 0.409 e. The maximum atomic E-state index is 10.7. The third-order valence-electron chi connectivity index (χ3n) is 2.83. The van der Waals surface area contributed by atoms with Gasteiger partial charge in [-0.3, -0.25) is 5.32 Å². The number of anilines is 1. The minimum absolute atomic E-state index is 0.355. The largest absolute Gasteiger partial charge is 0.465 e. The summed E-state index contributed by atoms with van der Waals surface area (Å²) in [4.78, 5) is 23.3.